The van der Waals surface area contributed by atoms with Gasteiger partial charge in [-0.05, 0) is 43.7 Å². The van der Waals surface area contributed by atoms with Crippen molar-refractivity contribution in [2.24, 2.45) is 0 Å². The number of hydrogen-bond acceptors (Lipinski definition) is 1. The monoisotopic (exact) mass is 222 g/mol. The molecule has 2 nitrogen and oxygen atoms in total. The van der Waals surface area contributed by atoms with Crippen molar-refractivity contribution in [3.63, 3.8) is 0 Å². The van der Waals surface area contributed by atoms with Crippen molar-refractivity contribution in [3.8, 4) is 5.82 Å². The van der Waals surface area contributed by atoms with Gasteiger partial charge in [0, 0.05) is 17.3 Å². The van der Waals surface area contributed by atoms with Gasteiger partial charge in [0.1, 0.15) is 5.82 Å². The lowest BCUT2D eigenvalue weighted by atomic mass is 10.1. The molecule has 2 heteroatoms. The third kappa shape index (κ3) is 1.53. The van der Waals surface area contributed by atoms with Crippen molar-refractivity contribution in [1.29, 1.82) is 0 Å². The Morgan fingerprint density at radius 1 is 1.00 bits per heavy atom. The molecular formula is C15H14N2. The van der Waals surface area contributed by atoms with Crippen molar-refractivity contribution in [3.05, 3.63) is 59.9 Å². The SMILES string of the molecule is Cc1cccc2c1cc(C)n2-c1ccccn1. The van der Waals surface area contributed by atoms with E-state index in [1.54, 1.807) is 0 Å². The van der Waals surface area contributed by atoms with Gasteiger partial charge in [-0.2, -0.15) is 0 Å². The highest BCUT2D eigenvalue weighted by Crippen LogP contribution is 2.25. The van der Waals surface area contributed by atoms with Crippen molar-refractivity contribution in [1.82, 2.24) is 9.55 Å². The molecule has 0 bridgehead atoms. The molecule has 0 fully saturated rings. The van der Waals surface area contributed by atoms with Gasteiger partial charge >= 0.3 is 0 Å². The molecule has 0 aliphatic rings. The normalized spacial score (nSPS) is 10.9. The molecule has 0 N–H and O–H groups in total. The lowest BCUT2D eigenvalue weighted by molar-refractivity contribution is 0.994. The number of fused-ring (bicyclic) bond motifs is 1. The molecule has 2 heterocycles. The van der Waals surface area contributed by atoms with E-state index in [0.29, 0.717) is 0 Å². The minimum absolute atomic E-state index is 0.977. The minimum atomic E-state index is 0.977. The Labute approximate surface area is 101 Å². The van der Waals surface area contributed by atoms with E-state index in [4.69, 9.17) is 0 Å². The van der Waals surface area contributed by atoms with Crippen molar-refractivity contribution in [2.45, 2.75) is 13.8 Å². The van der Waals surface area contributed by atoms with Crippen LogP contribution in [-0.4, -0.2) is 9.55 Å². The Bertz CT molecular complexity index is 666. The van der Waals surface area contributed by atoms with Gasteiger partial charge in [-0.3, -0.25) is 4.57 Å². The second-order valence-corrected chi connectivity index (χ2v) is 4.32. The first kappa shape index (κ1) is 10.1. The molecule has 0 saturated carbocycles. The molecular weight excluding hydrogens is 208 g/mol. The molecule has 0 radical (unpaired) electrons. The highest BCUT2D eigenvalue weighted by molar-refractivity contribution is 5.86. The maximum absolute atomic E-state index is 4.42. The number of aryl methyl sites for hydroxylation is 2. The standard InChI is InChI=1S/C15H14N2/c1-11-6-5-7-14-13(11)10-12(2)17(14)15-8-3-4-9-16-15/h3-10H,1-2H3. The number of benzene rings is 1. The number of pyridine rings is 1. The highest BCUT2D eigenvalue weighted by atomic mass is 15.1. The van der Waals surface area contributed by atoms with Crippen LogP contribution >= 0.6 is 0 Å². The van der Waals surface area contributed by atoms with Crippen LogP contribution in [0.2, 0.25) is 0 Å². The Morgan fingerprint density at radius 3 is 2.65 bits per heavy atom. The zero-order chi connectivity index (χ0) is 11.8. The van der Waals surface area contributed by atoms with E-state index >= 15 is 0 Å². The van der Waals surface area contributed by atoms with Gasteiger partial charge in [-0.25, -0.2) is 4.98 Å². The molecule has 0 aliphatic heterocycles. The lowest BCUT2D eigenvalue weighted by Crippen LogP contribution is -1.98. The molecule has 0 unspecified atom stereocenters. The maximum Gasteiger partial charge on any atom is 0.137 e. The van der Waals surface area contributed by atoms with E-state index in [0.717, 1.165) is 5.82 Å². The van der Waals surface area contributed by atoms with Crippen molar-refractivity contribution < 1.29 is 0 Å². The summed E-state index contributed by atoms with van der Waals surface area (Å²) >= 11 is 0. The summed E-state index contributed by atoms with van der Waals surface area (Å²) in [5.74, 6) is 0.977. The van der Waals surface area contributed by atoms with Crippen LogP contribution < -0.4 is 0 Å². The van der Waals surface area contributed by atoms with E-state index in [-0.39, 0.29) is 0 Å². The summed E-state index contributed by atoms with van der Waals surface area (Å²) < 4.78 is 2.20. The van der Waals surface area contributed by atoms with E-state index in [1.165, 1.54) is 22.2 Å². The predicted octanol–water partition coefficient (Wildman–Crippen LogP) is 3.64. The molecule has 1 aromatic carbocycles. The molecule has 0 atom stereocenters. The molecule has 2 aromatic heterocycles. The molecule has 0 aliphatic carbocycles. The van der Waals surface area contributed by atoms with Crippen molar-refractivity contribution in [2.75, 3.05) is 0 Å². The zero-order valence-corrected chi connectivity index (χ0v) is 10.0. The second kappa shape index (κ2) is 3.74. The van der Waals surface area contributed by atoms with Gasteiger partial charge in [0.2, 0.25) is 0 Å². The first-order valence-electron chi connectivity index (χ1n) is 5.76. The summed E-state index contributed by atoms with van der Waals surface area (Å²) in [6.45, 7) is 4.26. The lowest BCUT2D eigenvalue weighted by Gasteiger charge is -2.06. The number of aromatic nitrogens is 2. The molecule has 0 amide bonds. The average Bonchev–Trinajstić information content (AvgIpc) is 2.68. The highest BCUT2D eigenvalue weighted by Gasteiger charge is 2.08. The Kier molecular flexibility index (Phi) is 2.22. The Morgan fingerprint density at radius 2 is 1.88 bits per heavy atom. The summed E-state index contributed by atoms with van der Waals surface area (Å²) in [5.41, 5.74) is 3.74. The van der Waals surface area contributed by atoms with Crippen LogP contribution in [0.3, 0.4) is 0 Å². The van der Waals surface area contributed by atoms with Gasteiger partial charge in [0.05, 0.1) is 5.52 Å². The van der Waals surface area contributed by atoms with Gasteiger partial charge in [-0.15, -0.1) is 0 Å². The van der Waals surface area contributed by atoms with Gasteiger partial charge < -0.3 is 0 Å². The third-order valence-corrected chi connectivity index (χ3v) is 3.13. The molecule has 0 spiro atoms. The van der Waals surface area contributed by atoms with Crippen LogP contribution in [-0.2, 0) is 0 Å². The largest absolute Gasteiger partial charge is 0.298 e. The Hall–Kier alpha value is -2.09. The molecule has 3 aromatic rings. The summed E-state index contributed by atoms with van der Waals surface area (Å²) in [6.07, 6.45) is 1.83. The van der Waals surface area contributed by atoms with Gasteiger partial charge in [-0.1, -0.05) is 18.2 Å². The first-order valence-corrected chi connectivity index (χ1v) is 5.76. The van der Waals surface area contributed by atoms with E-state index < -0.39 is 0 Å². The summed E-state index contributed by atoms with van der Waals surface area (Å²) in [4.78, 5) is 4.42. The second-order valence-electron chi connectivity index (χ2n) is 4.32. The van der Waals surface area contributed by atoms with Crippen LogP contribution in [0.1, 0.15) is 11.3 Å². The number of hydrogen-bond donors (Lipinski definition) is 0. The predicted molar refractivity (Wildman–Crippen MR) is 70.5 cm³/mol. The number of rotatable bonds is 1. The summed E-state index contributed by atoms with van der Waals surface area (Å²) in [7, 11) is 0. The average molecular weight is 222 g/mol. The zero-order valence-electron chi connectivity index (χ0n) is 10.0. The quantitative estimate of drug-likeness (QED) is 0.614. The molecule has 0 saturated heterocycles. The molecule has 3 rings (SSSR count). The van der Waals surface area contributed by atoms with E-state index in [9.17, 15) is 0 Å². The number of nitrogens with zero attached hydrogens (tertiary/aromatic N) is 2. The van der Waals surface area contributed by atoms with Gasteiger partial charge in [0.25, 0.3) is 0 Å². The van der Waals surface area contributed by atoms with Crippen molar-refractivity contribution >= 4 is 10.9 Å². The topological polar surface area (TPSA) is 17.8 Å². The fraction of sp³-hybridized carbons (Fsp3) is 0.133. The first-order chi connectivity index (χ1) is 8.27. The summed E-state index contributed by atoms with van der Waals surface area (Å²) in [6, 6.07) is 14.6. The Balaban J connectivity index is 2.37. The molecule has 17 heavy (non-hydrogen) atoms. The van der Waals surface area contributed by atoms with Crippen LogP contribution in [0.4, 0.5) is 0 Å². The third-order valence-electron chi connectivity index (χ3n) is 3.13. The smallest absolute Gasteiger partial charge is 0.137 e. The maximum atomic E-state index is 4.42. The van der Waals surface area contributed by atoms with Crippen LogP contribution in [0.15, 0.2) is 48.7 Å². The van der Waals surface area contributed by atoms with Crippen LogP contribution in [0.25, 0.3) is 16.7 Å². The van der Waals surface area contributed by atoms with Crippen LogP contribution in [0.5, 0.6) is 0 Å². The van der Waals surface area contributed by atoms with E-state index in [1.807, 2.05) is 24.4 Å². The van der Waals surface area contributed by atoms with Gasteiger partial charge in [0.15, 0.2) is 0 Å². The minimum Gasteiger partial charge on any atom is -0.298 e. The molecule has 84 valence electrons. The fourth-order valence-corrected chi connectivity index (χ4v) is 2.30. The fourth-order valence-electron chi connectivity index (χ4n) is 2.30. The summed E-state index contributed by atoms with van der Waals surface area (Å²) in [5, 5.41) is 1.30. The van der Waals surface area contributed by atoms with Crippen LogP contribution in [0, 0.1) is 13.8 Å². The van der Waals surface area contributed by atoms with E-state index in [2.05, 4.69) is 47.7 Å².